The Hall–Kier alpha value is -2.58. The van der Waals surface area contributed by atoms with Crippen molar-refractivity contribution < 1.29 is 22.7 Å². The average molecular weight is 392 g/mol. The fourth-order valence-electron chi connectivity index (χ4n) is 2.49. The van der Waals surface area contributed by atoms with E-state index in [1.54, 1.807) is 19.2 Å². The summed E-state index contributed by atoms with van der Waals surface area (Å²) >= 11 is 0. The molecule has 1 amide bonds. The number of rotatable bonds is 9. The average Bonchev–Trinajstić information content (AvgIpc) is 2.66. The molecule has 0 radical (unpaired) electrons. The Kier molecular flexibility index (Phi) is 7.20. The smallest absolute Gasteiger partial charge is 0.303 e. The van der Waals surface area contributed by atoms with E-state index in [0.29, 0.717) is 17.9 Å². The molecule has 0 saturated heterocycles. The summed E-state index contributed by atoms with van der Waals surface area (Å²) in [5, 5.41) is 0. The van der Waals surface area contributed by atoms with Gasteiger partial charge in [-0.1, -0.05) is 36.4 Å². The summed E-state index contributed by atoms with van der Waals surface area (Å²) in [6, 6.07) is 14.5. The molecule has 0 aromatic heterocycles. The topological polar surface area (TPSA) is 84.9 Å². The molecule has 0 heterocycles. The minimum atomic E-state index is -3.90. The Morgan fingerprint density at radius 2 is 1.67 bits per heavy atom. The van der Waals surface area contributed by atoms with Crippen LogP contribution in [0.4, 0.5) is 0 Å². The van der Waals surface area contributed by atoms with Gasteiger partial charge in [-0.15, -0.1) is 0 Å². The molecule has 0 unspecified atom stereocenters. The molecule has 0 saturated carbocycles. The molecular weight excluding hydrogens is 368 g/mol. The number of aryl methyl sites for hydroxylation is 1. The quantitative estimate of drug-likeness (QED) is 0.707. The van der Waals surface area contributed by atoms with Crippen molar-refractivity contribution in [1.82, 2.24) is 9.03 Å². The second-order valence-electron chi connectivity index (χ2n) is 5.96. The summed E-state index contributed by atoms with van der Waals surface area (Å²) in [6.45, 7) is 0.180. The fourth-order valence-corrected chi connectivity index (χ4v) is 3.36. The summed E-state index contributed by atoms with van der Waals surface area (Å²) in [4.78, 5) is 12.1. The molecular formula is C19H24N2O5S. The van der Waals surface area contributed by atoms with Crippen LogP contribution in [0.15, 0.2) is 48.5 Å². The molecule has 2 aromatic carbocycles. The molecule has 2 aromatic rings. The largest absolute Gasteiger partial charge is 0.493 e. The van der Waals surface area contributed by atoms with Gasteiger partial charge in [0.15, 0.2) is 11.5 Å². The molecule has 1 N–H and O–H groups in total. The SMILES string of the molecule is COc1ccc(CCC(=O)NS(=O)(=O)N(C)Cc2ccccc2)cc1OC. The molecule has 7 nitrogen and oxygen atoms in total. The minimum Gasteiger partial charge on any atom is -0.493 e. The summed E-state index contributed by atoms with van der Waals surface area (Å²) in [7, 11) is 0.606. The zero-order valence-electron chi connectivity index (χ0n) is 15.6. The Labute approximate surface area is 160 Å². The normalized spacial score (nSPS) is 11.3. The molecule has 0 aliphatic carbocycles. The predicted octanol–water partition coefficient (Wildman–Crippen LogP) is 2.13. The van der Waals surface area contributed by atoms with Gasteiger partial charge < -0.3 is 9.47 Å². The van der Waals surface area contributed by atoms with Crippen molar-refractivity contribution in [3.63, 3.8) is 0 Å². The summed E-state index contributed by atoms with van der Waals surface area (Å²) in [6.07, 6.45) is 0.415. The molecule has 0 aliphatic rings. The maximum Gasteiger partial charge on any atom is 0.303 e. The number of carbonyl (C=O) groups is 1. The lowest BCUT2D eigenvalue weighted by molar-refractivity contribution is -0.119. The third kappa shape index (κ3) is 5.97. The number of benzene rings is 2. The zero-order chi connectivity index (χ0) is 19.9. The van der Waals surface area contributed by atoms with Crippen LogP contribution in [0.5, 0.6) is 11.5 Å². The van der Waals surface area contributed by atoms with E-state index in [9.17, 15) is 13.2 Å². The first-order chi connectivity index (χ1) is 12.9. The van der Waals surface area contributed by atoms with Crippen molar-refractivity contribution in [2.75, 3.05) is 21.3 Å². The second kappa shape index (κ2) is 9.38. The van der Waals surface area contributed by atoms with Gasteiger partial charge in [0.2, 0.25) is 5.91 Å². The first kappa shape index (κ1) is 20.7. The van der Waals surface area contributed by atoms with Crippen LogP contribution in [0.25, 0.3) is 0 Å². The molecule has 0 atom stereocenters. The first-order valence-electron chi connectivity index (χ1n) is 8.37. The maximum atomic E-state index is 12.3. The van der Waals surface area contributed by atoms with Crippen LogP contribution < -0.4 is 14.2 Å². The number of nitrogens with one attached hydrogen (secondary N) is 1. The van der Waals surface area contributed by atoms with Crippen LogP contribution in [0.2, 0.25) is 0 Å². The van der Waals surface area contributed by atoms with Crippen molar-refractivity contribution in [3.8, 4) is 11.5 Å². The first-order valence-corrected chi connectivity index (χ1v) is 9.81. The van der Waals surface area contributed by atoms with E-state index >= 15 is 0 Å². The highest BCUT2D eigenvalue weighted by atomic mass is 32.2. The summed E-state index contributed by atoms with van der Waals surface area (Å²) in [5.41, 5.74) is 1.68. The van der Waals surface area contributed by atoms with Crippen molar-refractivity contribution in [1.29, 1.82) is 0 Å². The number of amides is 1. The monoisotopic (exact) mass is 392 g/mol. The van der Waals surface area contributed by atoms with Crippen molar-refractivity contribution in [3.05, 3.63) is 59.7 Å². The van der Waals surface area contributed by atoms with E-state index in [1.807, 2.05) is 36.4 Å². The highest BCUT2D eigenvalue weighted by Gasteiger charge is 2.20. The standard InChI is InChI=1S/C19H24N2O5S/c1-21(14-16-7-5-4-6-8-16)27(23,24)20-19(22)12-10-15-9-11-17(25-2)18(13-15)26-3/h4-9,11,13H,10,12,14H2,1-3H3,(H,20,22). The van der Waals surface area contributed by atoms with Crippen LogP contribution in [-0.4, -0.2) is 39.9 Å². The van der Waals surface area contributed by atoms with Crippen LogP contribution in [-0.2, 0) is 28.0 Å². The molecule has 0 fully saturated rings. The van der Waals surface area contributed by atoms with E-state index in [0.717, 1.165) is 15.4 Å². The van der Waals surface area contributed by atoms with Gasteiger partial charge in [-0.25, -0.2) is 4.72 Å². The van der Waals surface area contributed by atoms with E-state index in [1.165, 1.54) is 14.2 Å². The van der Waals surface area contributed by atoms with Crippen LogP contribution in [0.3, 0.4) is 0 Å². The Morgan fingerprint density at radius 3 is 2.30 bits per heavy atom. The second-order valence-corrected chi connectivity index (χ2v) is 7.74. The lowest BCUT2D eigenvalue weighted by atomic mass is 10.1. The van der Waals surface area contributed by atoms with E-state index in [2.05, 4.69) is 4.72 Å². The predicted molar refractivity (Wildman–Crippen MR) is 103 cm³/mol. The number of methoxy groups -OCH3 is 2. The van der Waals surface area contributed by atoms with Gasteiger partial charge in [-0.3, -0.25) is 4.79 Å². The number of ether oxygens (including phenoxy) is 2. The van der Waals surface area contributed by atoms with E-state index in [4.69, 9.17) is 9.47 Å². The van der Waals surface area contributed by atoms with Gasteiger partial charge in [0.25, 0.3) is 0 Å². The van der Waals surface area contributed by atoms with Crippen LogP contribution >= 0.6 is 0 Å². The van der Waals surface area contributed by atoms with Gasteiger partial charge in [0, 0.05) is 20.0 Å². The Balaban J connectivity index is 1.92. The summed E-state index contributed by atoms with van der Waals surface area (Å²) < 4.78 is 38.2. The molecule has 27 heavy (non-hydrogen) atoms. The fraction of sp³-hybridized carbons (Fsp3) is 0.316. The van der Waals surface area contributed by atoms with Crippen molar-refractivity contribution >= 4 is 16.1 Å². The molecule has 2 rings (SSSR count). The molecule has 0 bridgehead atoms. The zero-order valence-corrected chi connectivity index (χ0v) is 16.5. The number of nitrogens with zero attached hydrogens (tertiary/aromatic N) is 1. The van der Waals surface area contributed by atoms with Crippen LogP contribution in [0.1, 0.15) is 17.5 Å². The lowest BCUT2D eigenvalue weighted by Crippen LogP contribution is -2.41. The third-order valence-electron chi connectivity index (χ3n) is 3.99. The highest BCUT2D eigenvalue weighted by molar-refractivity contribution is 7.87. The Morgan fingerprint density at radius 1 is 1.00 bits per heavy atom. The van der Waals surface area contributed by atoms with Gasteiger partial charge in [0.1, 0.15) is 0 Å². The molecule has 146 valence electrons. The number of carbonyl (C=O) groups excluding carboxylic acids is 1. The molecule has 0 spiro atoms. The third-order valence-corrected chi connectivity index (χ3v) is 5.43. The maximum absolute atomic E-state index is 12.3. The minimum absolute atomic E-state index is 0.0356. The lowest BCUT2D eigenvalue weighted by Gasteiger charge is -2.17. The Bertz CT molecular complexity index is 869. The van der Waals surface area contributed by atoms with Crippen LogP contribution in [0, 0.1) is 0 Å². The molecule has 0 aliphatic heterocycles. The highest BCUT2D eigenvalue weighted by Crippen LogP contribution is 2.27. The van der Waals surface area contributed by atoms with Gasteiger partial charge >= 0.3 is 10.2 Å². The summed E-state index contributed by atoms with van der Waals surface area (Å²) in [5.74, 6) is 0.589. The van der Waals surface area contributed by atoms with E-state index in [-0.39, 0.29) is 13.0 Å². The van der Waals surface area contributed by atoms with Gasteiger partial charge in [-0.2, -0.15) is 12.7 Å². The van der Waals surface area contributed by atoms with Gasteiger partial charge in [-0.05, 0) is 29.7 Å². The molecule has 8 heteroatoms. The van der Waals surface area contributed by atoms with Crippen molar-refractivity contribution in [2.24, 2.45) is 0 Å². The van der Waals surface area contributed by atoms with Crippen molar-refractivity contribution in [2.45, 2.75) is 19.4 Å². The number of hydrogen-bond acceptors (Lipinski definition) is 5. The number of hydrogen-bond donors (Lipinski definition) is 1. The van der Waals surface area contributed by atoms with Gasteiger partial charge in [0.05, 0.1) is 14.2 Å². The van der Waals surface area contributed by atoms with E-state index < -0.39 is 16.1 Å².